The van der Waals surface area contributed by atoms with Crippen LogP contribution in [0.25, 0.3) is 22.2 Å². The summed E-state index contributed by atoms with van der Waals surface area (Å²) in [5, 5.41) is 8.29. The van der Waals surface area contributed by atoms with E-state index in [1.165, 1.54) is 0 Å². The normalized spacial score (nSPS) is 12.2. The Labute approximate surface area is 176 Å². The van der Waals surface area contributed by atoms with Crippen molar-refractivity contribution in [3.8, 4) is 11.3 Å². The Bertz CT molecular complexity index is 1240. The van der Waals surface area contributed by atoms with Crippen LogP contribution in [0, 0.1) is 20.8 Å². The van der Waals surface area contributed by atoms with Crippen LogP contribution < -0.4 is 5.32 Å². The van der Waals surface area contributed by atoms with Crippen LogP contribution in [0.3, 0.4) is 0 Å². The number of pyridine rings is 2. The number of rotatable bonds is 4. The number of carbonyl (C=O) groups is 1. The molecule has 0 aliphatic carbocycles. The predicted molar refractivity (Wildman–Crippen MR) is 118 cm³/mol. The highest BCUT2D eigenvalue weighted by atomic mass is 16.1. The number of carbonyl (C=O) groups excluding carboxylic acids is 1. The summed E-state index contributed by atoms with van der Waals surface area (Å²) in [7, 11) is 1.90. The molecule has 0 saturated heterocycles. The van der Waals surface area contributed by atoms with Crippen molar-refractivity contribution < 1.29 is 4.79 Å². The molecule has 0 aliphatic rings. The Balaban J connectivity index is 1.81. The highest BCUT2D eigenvalue weighted by Gasteiger charge is 2.19. The molecule has 4 aromatic rings. The van der Waals surface area contributed by atoms with Gasteiger partial charge in [-0.1, -0.05) is 11.6 Å². The van der Waals surface area contributed by atoms with Crippen molar-refractivity contribution in [1.29, 1.82) is 0 Å². The molecule has 0 radical (unpaired) electrons. The van der Waals surface area contributed by atoms with Crippen LogP contribution in [0.1, 0.15) is 45.7 Å². The maximum atomic E-state index is 13.4. The van der Waals surface area contributed by atoms with Gasteiger partial charge in [0.1, 0.15) is 0 Å². The van der Waals surface area contributed by atoms with Crippen LogP contribution in [-0.2, 0) is 7.05 Å². The average Bonchev–Trinajstić information content (AvgIpc) is 3.06. The minimum Gasteiger partial charge on any atom is -0.345 e. The molecule has 3 heterocycles. The SMILES string of the molecule is Cc1cc(C)c2nc(-c3cccnc3)cc(C(=O)N[C@H](C)c3cnn(C)c3C)c2c1. The van der Waals surface area contributed by atoms with E-state index in [2.05, 4.69) is 21.5 Å². The fourth-order valence-electron chi connectivity index (χ4n) is 3.82. The number of hydrogen-bond donors (Lipinski definition) is 1. The maximum Gasteiger partial charge on any atom is 0.252 e. The van der Waals surface area contributed by atoms with Gasteiger partial charge in [-0.2, -0.15) is 5.10 Å². The number of amides is 1. The van der Waals surface area contributed by atoms with Crippen molar-refractivity contribution in [3.63, 3.8) is 0 Å². The van der Waals surface area contributed by atoms with Gasteiger partial charge in [-0.3, -0.25) is 14.5 Å². The molecule has 1 atom stereocenters. The van der Waals surface area contributed by atoms with Gasteiger partial charge >= 0.3 is 0 Å². The van der Waals surface area contributed by atoms with E-state index >= 15 is 0 Å². The summed E-state index contributed by atoms with van der Waals surface area (Å²) in [6.07, 6.45) is 5.30. The smallest absolute Gasteiger partial charge is 0.252 e. The highest BCUT2D eigenvalue weighted by Crippen LogP contribution is 2.28. The van der Waals surface area contributed by atoms with Crippen molar-refractivity contribution in [2.75, 3.05) is 0 Å². The molecule has 0 bridgehead atoms. The van der Waals surface area contributed by atoms with Gasteiger partial charge in [0.2, 0.25) is 0 Å². The molecule has 0 unspecified atom stereocenters. The van der Waals surface area contributed by atoms with Gasteiger partial charge in [0.15, 0.2) is 0 Å². The topological polar surface area (TPSA) is 72.7 Å². The Hall–Kier alpha value is -3.54. The average molecular weight is 399 g/mol. The first kappa shape index (κ1) is 19.8. The van der Waals surface area contributed by atoms with Crippen molar-refractivity contribution in [1.82, 2.24) is 25.1 Å². The van der Waals surface area contributed by atoms with Crippen molar-refractivity contribution in [2.24, 2.45) is 7.05 Å². The lowest BCUT2D eigenvalue weighted by molar-refractivity contribution is 0.0941. The number of nitrogens with zero attached hydrogens (tertiary/aromatic N) is 4. The summed E-state index contributed by atoms with van der Waals surface area (Å²) in [4.78, 5) is 22.4. The van der Waals surface area contributed by atoms with Gasteiger partial charge in [0, 0.05) is 41.6 Å². The minimum absolute atomic E-state index is 0.131. The second kappa shape index (κ2) is 7.71. The third-order valence-electron chi connectivity index (χ3n) is 5.54. The van der Waals surface area contributed by atoms with Crippen LogP contribution in [0.5, 0.6) is 0 Å². The van der Waals surface area contributed by atoms with E-state index in [0.29, 0.717) is 5.56 Å². The molecule has 3 aromatic heterocycles. The van der Waals surface area contributed by atoms with Crippen LogP contribution in [-0.4, -0.2) is 25.7 Å². The molecule has 0 spiro atoms. The zero-order valence-corrected chi connectivity index (χ0v) is 17.9. The Kier molecular flexibility index (Phi) is 5.08. The molecule has 0 aliphatic heterocycles. The fraction of sp³-hybridized carbons (Fsp3) is 0.250. The fourth-order valence-corrected chi connectivity index (χ4v) is 3.82. The molecule has 0 saturated carbocycles. The molecule has 6 nitrogen and oxygen atoms in total. The van der Waals surface area contributed by atoms with E-state index in [9.17, 15) is 4.79 Å². The van der Waals surface area contributed by atoms with Crippen molar-refractivity contribution in [3.05, 3.63) is 76.9 Å². The number of benzene rings is 1. The standard InChI is InChI=1S/C24H25N5O/c1-14-9-15(2)23-19(10-14)20(11-22(28-23)18-7-6-8-25-12-18)24(30)27-16(3)21-13-26-29(5)17(21)4/h6-13,16H,1-5H3,(H,27,30)/t16-/m1/s1. The van der Waals surface area contributed by atoms with Gasteiger partial charge in [-0.05, 0) is 57.5 Å². The molecule has 152 valence electrons. The predicted octanol–water partition coefficient (Wildman–Crippen LogP) is 4.45. The quantitative estimate of drug-likeness (QED) is 0.550. The molecular formula is C24H25N5O. The Morgan fingerprint density at radius 2 is 1.93 bits per heavy atom. The summed E-state index contributed by atoms with van der Waals surface area (Å²) in [6.45, 7) is 8.04. The van der Waals surface area contributed by atoms with E-state index < -0.39 is 0 Å². The summed E-state index contributed by atoms with van der Waals surface area (Å²) in [5.41, 5.74) is 7.23. The molecule has 1 amide bonds. The third-order valence-corrected chi connectivity index (χ3v) is 5.54. The first-order valence-corrected chi connectivity index (χ1v) is 9.97. The summed E-state index contributed by atoms with van der Waals surface area (Å²) in [6, 6.07) is 9.63. The molecule has 4 rings (SSSR count). The molecular weight excluding hydrogens is 374 g/mol. The van der Waals surface area contributed by atoms with Crippen molar-refractivity contribution in [2.45, 2.75) is 33.7 Å². The number of aryl methyl sites for hydroxylation is 3. The van der Waals surface area contributed by atoms with Gasteiger partial charge in [-0.25, -0.2) is 4.98 Å². The van der Waals surface area contributed by atoms with Gasteiger partial charge < -0.3 is 5.32 Å². The minimum atomic E-state index is -0.165. The van der Waals surface area contributed by atoms with Crippen LogP contribution in [0.15, 0.2) is 48.9 Å². The maximum absolute atomic E-state index is 13.4. The summed E-state index contributed by atoms with van der Waals surface area (Å²) >= 11 is 0. The molecule has 30 heavy (non-hydrogen) atoms. The van der Waals surface area contributed by atoms with E-state index in [0.717, 1.165) is 44.5 Å². The Morgan fingerprint density at radius 1 is 1.13 bits per heavy atom. The zero-order chi connectivity index (χ0) is 21.4. The third kappa shape index (κ3) is 3.56. The molecule has 1 aromatic carbocycles. The number of hydrogen-bond acceptors (Lipinski definition) is 4. The van der Waals surface area contributed by atoms with E-state index in [-0.39, 0.29) is 11.9 Å². The van der Waals surface area contributed by atoms with Gasteiger partial charge in [0.25, 0.3) is 5.91 Å². The largest absolute Gasteiger partial charge is 0.345 e. The van der Waals surface area contributed by atoms with E-state index in [1.54, 1.807) is 18.6 Å². The second-order valence-corrected chi connectivity index (χ2v) is 7.78. The van der Waals surface area contributed by atoms with E-state index in [4.69, 9.17) is 4.98 Å². The number of nitrogens with one attached hydrogen (secondary N) is 1. The van der Waals surface area contributed by atoms with Crippen molar-refractivity contribution >= 4 is 16.8 Å². The zero-order valence-electron chi connectivity index (χ0n) is 17.9. The number of fused-ring (bicyclic) bond motifs is 1. The first-order chi connectivity index (χ1) is 14.3. The number of aromatic nitrogens is 4. The molecule has 0 fully saturated rings. The summed E-state index contributed by atoms with van der Waals surface area (Å²) < 4.78 is 1.81. The lowest BCUT2D eigenvalue weighted by Crippen LogP contribution is -2.27. The van der Waals surface area contributed by atoms with Crippen LogP contribution >= 0.6 is 0 Å². The Morgan fingerprint density at radius 3 is 2.60 bits per heavy atom. The van der Waals surface area contributed by atoms with Gasteiger partial charge in [-0.15, -0.1) is 0 Å². The summed E-state index contributed by atoms with van der Waals surface area (Å²) in [5.74, 6) is -0.131. The molecule has 1 N–H and O–H groups in total. The highest BCUT2D eigenvalue weighted by molar-refractivity contribution is 6.08. The second-order valence-electron chi connectivity index (χ2n) is 7.78. The lowest BCUT2D eigenvalue weighted by atomic mass is 9.99. The monoisotopic (exact) mass is 399 g/mol. The first-order valence-electron chi connectivity index (χ1n) is 9.97. The van der Waals surface area contributed by atoms with E-state index in [1.807, 2.05) is 63.7 Å². The van der Waals surface area contributed by atoms with Crippen LogP contribution in [0.2, 0.25) is 0 Å². The molecule has 6 heteroatoms. The lowest BCUT2D eigenvalue weighted by Gasteiger charge is -2.16. The van der Waals surface area contributed by atoms with Gasteiger partial charge in [0.05, 0.1) is 29.0 Å². The van der Waals surface area contributed by atoms with Crippen LogP contribution in [0.4, 0.5) is 0 Å².